The fraction of sp³-hybridized carbons (Fsp3) is 0.0833. The van der Waals surface area contributed by atoms with Crippen molar-refractivity contribution in [3.8, 4) is 0 Å². The molecular weight excluding hydrogens is 212 g/mol. The zero-order valence-corrected chi connectivity index (χ0v) is 8.66. The summed E-state index contributed by atoms with van der Waals surface area (Å²) in [5.41, 5.74) is 0.728. The summed E-state index contributed by atoms with van der Waals surface area (Å²) >= 11 is 6.05. The normalized spacial score (nSPS) is 10.5. The Morgan fingerprint density at radius 1 is 1.27 bits per heavy atom. The summed E-state index contributed by atoms with van der Waals surface area (Å²) in [5, 5.41) is 11.2. The average Bonchev–Trinajstić information content (AvgIpc) is 2.16. The average molecular weight is 221 g/mol. The molecule has 0 amide bonds. The molecule has 3 heteroatoms. The van der Waals surface area contributed by atoms with Crippen LogP contribution in [0, 0.1) is 0 Å². The Morgan fingerprint density at radius 3 is 2.73 bits per heavy atom. The number of benzene rings is 2. The molecule has 0 saturated heterocycles. The summed E-state index contributed by atoms with van der Waals surface area (Å²) in [6.45, 7) is 0. The molecule has 0 aromatic heterocycles. The number of carboxylic acid groups (broad SMARTS) is 1. The standard InChI is InChI=1S/C12H9ClO2/c13-11-6-8(7-12(14)15)5-9-3-1-2-4-10(9)11/h1-6H,7H2,(H,14,15). The maximum absolute atomic E-state index is 10.6. The Balaban J connectivity index is 2.57. The van der Waals surface area contributed by atoms with Gasteiger partial charge >= 0.3 is 5.97 Å². The first-order valence-electron chi connectivity index (χ1n) is 4.56. The van der Waals surface area contributed by atoms with Crippen LogP contribution in [0.4, 0.5) is 0 Å². The van der Waals surface area contributed by atoms with Crippen molar-refractivity contribution in [2.24, 2.45) is 0 Å². The Labute approximate surface area is 92.1 Å². The maximum atomic E-state index is 10.6. The predicted octanol–water partition coefficient (Wildman–Crippen LogP) is 3.12. The van der Waals surface area contributed by atoms with E-state index in [-0.39, 0.29) is 6.42 Å². The lowest BCUT2D eigenvalue weighted by atomic mass is 10.1. The monoisotopic (exact) mass is 220 g/mol. The van der Waals surface area contributed by atoms with Crippen molar-refractivity contribution in [3.63, 3.8) is 0 Å². The van der Waals surface area contributed by atoms with Crippen molar-refractivity contribution in [1.29, 1.82) is 0 Å². The number of hydrogen-bond acceptors (Lipinski definition) is 1. The third kappa shape index (κ3) is 2.10. The summed E-state index contributed by atoms with van der Waals surface area (Å²) in [6.07, 6.45) is 0.00452. The fourth-order valence-corrected chi connectivity index (χ4v) is 1.91. The Kier molecular flexibility index (Phi) is 2.60. The molecular formula is C12H9ClO2. The number of hydrogen-bond donors (Lipinski definition) is 1. The second-order valence-electron chi connectivity index (χ2n) is 3.37. The fourth-order valence-electron chi connectivity index (χ4n) is 1.60. The van der Waals surface area contributed by atoms with Crippen molar-refractivity contribution < 1.29 is 9.90 Å². The lowest BCUT2D eigenvalue weighted by Crippen LogP contribution is -1.99. The van der Waals surface area contributed by atoms with E-state index >= 15 is 0 Å². The van der Waals surface area contributed by atoms with Crippen molar-refractivity contribution in [2.45, 2.75) is 6.42 Å². The highest BCUT2D eigenvalue weighted by Crippen LogP contribution is 2.25. The van der Waals surface area contributed by atoms with Crippen molar-refractivity contribution in [2.75, 3.05) is 0 Å². The van der Waals surface area contributed by atoms with Gasteiger partial charge in [-0.1, -0.05) is 41.9 Å². The molecule has 1 N–H and O–H groups in total. The first-order valence-corrected chi connectivity index (χ1v) is 4.93. The van der Waals surface area contributed by atoms with E-state index in [1.54, 1.807) is 6.07 Å². The summed E-state index contributed by atoms with van der Waals surface area (Å²) in [6, 6.07) is 11.2. The van der Waals surface area contributed by atoms with Crippen LogP contribution >= 0.6 is 11.6 Å². The molecule has 0 radical (unpaired) electrons. The number of aliphatic carboxylic acids is 1. The van der Waals surface area contributed by atoms with Gasteiger partial charge in [-0.3, -0.25) is 4.79 Å². The smallest absolute Gasteiger partial charge is 0.307 e. The molecule has 0 aliphatic heterocycles. The van der Waals surface area contributed by atoms with Gasteiger partial charge in [0.1, 0.15) is 0 Å². The number of carboxylic acids is 1. The molecule has 0 atom stereocenters. The van der Waals surface area contributed by atoms with Crippen LogP contribution in [0.3, 0.4) is 0 Å². The van der Waals surface area contributed by atoms with Gasteiger partial charge in [-0.05, 0) is 17.0 Å². The molecule has 0 bridgehead atoms. The van der Waals surface area contributed by atoms with Crippen LogP contribution < -0.4 is 0 Å². The first kappa shape index (κ1) is 9.99. The molecule has 2 rings (SSSR count). The maximum Gasteiger partial charge on any atom is 0.307 e. The quantitative estimate of drug-likeness (QED) is 0.844. The molecule has 76 valence electrons. The molecule has 0 aliphatic carbocycles. The van der Waals surface area contributed by atoms with Gasteiger partial charge in [0.2, 0.25) is 0 Å². The second-order valence-corrected chi connectivity index (χ2v) is 3.78. The molecule has 0 unspecified atom stereocenters. The lowest BCUT2D eigenvalue weighted by molar-refractivity contribution is -0.136. The van der Waals surface area contributed by atoms with Gasteiger partial charge in [-0.2, -0.15) is 0 Å². The SMILES string of the molecule is O=C(O)Cc1cc(Cl)c2ccccc2c1. The minimum absolute atomic E-state index is 0.00452. The van der Waals surface area contributed by atoms with E-state index in [0.29, 0.717) is 5.02 Å². The number of carbonyl (C=O) groups is 1. The van der Waals surface area contributed by atoms with E-state index in [1.165, 1.54) is 0 Å². The molecule has 2 nitrogen and oxygen atoms in total. The number of rotatable bonds is 2. The van der Waals surface area contributed by atoms with Crippen LogP contribution in [-0.2, 0) is 11.2 Å². The van der Waals surface area contributed by atoms with Crippen molar-refractivity contribution in [1.82, 2.24) is 0 Å². The molecule has 0 spiro atoms. The summed E-state index contributed by atoms with van der Waals surface area (Å²) in [5.74, 6) is -0.846. The van der Waals surface area contributed by atoms with Crippen LogP contribution in [0.1, 0.15) is 5.56 Å². The van der Waals surface area contributed by atoms with Crippen LogP contribution in [0.5, 0.6) is 0 Å². The Morgan fingerprint density at radius 2 is 2.00 bits per heavy atom. The zero-order valence-electron chi connectivity index (χ0n) is 7.90. The molecule has 0 aliphatic rings. The van der Waals surface area contributed by atoms with Gasteiger partial charge in [-0.15, -0.1) is 0 Å². The number of halogens is 1. The summed E-state index contributed by atoms with van der Waals surface area (Å²) in [4.78, 5) is 10.6. The van der Waals surface area contributed by atoms with E-state index in [4.69, 9.17) is 16.7 Å². The van der Waals surface area contributed by atoms with E-state index in [9.17, 15) is 4.79 Å². The highest BCUT2D eigenvalue weighted by atomic mass is 35.5. The molecule has 0 saturated carbocycles. The highest BCUT2D eigenvalue weighted by molar-refractivity contribution is 6.35. The molecule has 15 heavy (non-hydrogen) atoms. The Bertz CT molecular complexity index is 520. The topological polar surface area (TPSA) is 37.3 Å². The van der Waals surface area contributed by atoms with Crippen LogP contribution in [0.2, 0.25) is 5.02 Å². The van der Waals surface area contributed by atoms with Gasteiger partial charge in [0, 0.05) is 10.4 Å². The molecule has 0 fully saturated rings. The first-order chi connectivity index (χ1) is 7.16. The van der Waals surface area contributed by atoms with Crippen molar-refractivity contribution >= 4 is 28.3 Å². The van der Waals surface area contributed by atoms with Gasteiger partial charge in [0.25, 0.3) is 0 Å². The summed E-state index contributed by atoms with van der Waals surface area (Å²) < 4.78 is 0. The highest BCUT2D eigenvalue weighted by Gasteiger charge is 2.04. The molecule has 2 aromatic rings. The van der Waals surface area contributed by atoms with Gasteiger partial charge in [0.05, 0.1) is 6.42 Å². The van der Waals surface area contributed by atoms with Crippen molar-refractivity contribution in [3.05, 3.63) is 47.0 Å². The summed E-state index contributed by atoms with van der Waals surface area (Å²) in [7, 11) is 0. The van der Waals surface area contributed by atoms with Gasteiger partial charge in [-0.25, -0.2) is 0 Å². The largest absolute Gasteiger partial charge is 0.481 e. The minimum Gasteiger partial charge on any atom is -0.481 e. The van der Waals surface area contributed by atoms with Gasteiger partial charge < -0.3 is 5.11 Å². The van der Waals surface area contributed by atoms with E-state index in [1.807, 2.05) is 30.3 Å². The predicted molar refractivity (Wildman–Crippen MR) is 60.3 cm³/mol. The lowest BCUT2D eigenvalue weighted by Gasteiger charge is -2.03. The van der Waals surface area contributed by atoms with Crippen LogP contribution in [-0.4, -0.2) is 11.1 Å². The van der Waals surface area contributed by atoms with E-state index < -0.39 is 5.97 Å². The third-order valence-corrected chi connectivity index (χ3v) is 2.54. The van der Waals surface area contributed by atoms with Crippen LogP contribution in [0.25, 0.3) is 10.8 Å². The third-order valence-electron chi connectivity index (χ3n) is 2.23. The van der Waals surface area contributed by atoms with E-state index in [0.717, 1.165) is 16.3 Å². The van der Waals surface area contributed by atoms with Crippen LogP contribution in [0.15, 0.2) is 36.4 Å². The number of fused-ring (bicyclic) bond motifs is 1. The van der Waals surface area contributed by atoms with E-state index in [2.05, 4.69) is 0 Å². The zero-order chi connectivity index (χ0) is 10.8. The molecule has 2 aromatic carbocycles. The molecule has 0 heterocycles. The minimum atomic E-state index is -0.846. The second kappa shape index (κ2) is 3.91. The van der Waals surface area contributed by atoms with Gasteiger partial charge in [0.15, 0.2) is 0 Å². The Hall–Kier alpha value is -1.54.